The van der Waals surface area contributed by atoms with Crippen molar-refractivity contribution in [3.8, 4) is 5.75 Å². The van der Waals surface area contributed by atoms with E-state index in [0.717, 1.165) is 25.0 Å². The third-order valence-corrected chi connectivity index (χ3v) is 5.33. The normalized spacial score (nSPS) is 31.1. The zero-order chi connectivity index (χ0) is 16.0. The van der Waals surface area contributed by atoms with Crippen LogP contribution >= 0.6 is 0 Å². The molecule has 1 aliphatic heterocycles. The van der Waals surface area contributed by atoms with Crippen LogP contribution in [0.4, 0.5) is 5.69 Å². The van der Waals surface area contributed by atoms with Crippen molar-refractivity contribution in [2.24, 2.45) is 23.7 Å². The zero-order valence-corrected chi connectivity index (χ0v) is 13.3. The Morgan fingerprint density at radius 2 is 1.65 bits per heavy atom. The van der Waals surface area contributed by atoms with Gasteiger partial charge in [-0.15, -0.1) is 0 Å². The number of unbranched alkanes of at least 4 members (excludes halogenated alkanes) is 1. The van der Waals surface area contributed by atoms with Crippen molar-refractivity contribution in [1.29, 1.82) is 0 Å². The lowest BCUT2D eigenvalue weighted by molar-refractivity contribution is -0.123. The van der Waals surface area contributed by atoms with Gasteiger partial charge in [0.15, 0.2) is 0 Å². The van der Waals surface area contributed by atoms with E-state index in [2.05, 4.69) is 19.1 Å². The second-order valence-electron chi connectivity index (χ2n) is 6.71. The topological polar surface area (TPSA) is 46.6 Å². The van der Waals surface area contributed by atoms with Crippen molar-refractivity contribution in [2.75, 3.05) is 11.5 Å². The van der Waals surface area contributed by atoms with Crippen molar-refractivity contribution in [1.82, 2.24) is 0 Å². The molecule has 0 N–H and O–H groups in total. The molecule has 0 unspecified atom stereocenters. The number of carbonyl (C=O) groups excluding carboxylic acids is 2. The van der Waals surface area contributed by atoms with E-state index in [4.69, 9.17) is 4.74 Å². The molecule has 4 rings (SSSR count). The predicted octanol–water partition coefficient (Wildman–Crippen LogP) is 3.18. The van der Waals surface area contributed by atoms with E-state index in [0.29, 0.717) is 12.3 Å². The zero-order valence-electron chi connectivity index (χ0n) is 13.3. The van der Waals surface area contributed by atoms with Crippen LogP contribution in [0.3, 0.4) is 0 Å². The summed E-state index contributed by atoms with van der Waals surface area (Å²) >= 11 is 0. The smallest absolute Gasteiger partial charge is 0.238 e. The van der Waals surface area contributed by atoms with E-state index in [-0.39, 0.29) is 35.5 Å². The Morgan fingerprint density at radius 3 is 2.22 bits per heavy atom. The molecule has 4 nitrogen and oxygen atoms in total. The minimum Gasteiger partial charge on any atom is -0.494 e. The Hall–Kier alpha value is -2.10. The second kappa shape index (κ2) is 5.52. The molecule has 0 radical (unpaired) electrons. The number of nitrogens with zero attached hydrogens (tertiary/aromatic N) is 1. The fourth-order valence-electron chi connectivity index (χ4n) is 4.18. The van der Waals surface area contributed by atoms with E-state index in [1.54, 1.807) is 0 Å². The third-order valence-electron chi connectivity index (χ3n) is 5.33. The summed E-state index contributed by atoms with van der Waals surface area (Å²) in [5, 5.41) is 0. The van der Waals surface area contributed by atoms with Crippen LogP contribution in [0.5, 0.6) is 5.75 Å². The van der Waals surface area contributed by atoms with Crippen LogP contribution in [0.25, 0.3) is 0 Å². The number of hydrogen-bond donors (Lipinski definition) is 0. The molecule has 1 aromatic rings. The van der Waals surface area contributed by atoms with Crippen molar-refractivity contribution >= 4 is 17.5 Å². The highest BCUT2D eigenvalue weighted by Gasteiger charge is 2.59. The molecule has 2 amide bonds. The van der Waals surface area contributed by atoms with Gasteiger partial charge >= 0.3 is 0 Å². The first-order valence-electron chi connectivity index (χ1n) is 8.49. The van der Waals surface area contributed by atoms with Crippen molar-refractivity contribution in [3.63, 3.8) is 0 Å². The number of benzene rings is 1. The summed E-state index contributed by atoms with van der Waals surface area (Å²) in [6.07, 6.45) is 7.30. The summed E-state index contributed by atoms with van der Waals surface area (Å²) in [6, 6.07) is 7.31. The molecule has 1 heterocycles. The summed E-state index contributed by atoms with van der Waals surface area (Å²) in [6.45, 7) is 2.81. The Morgan fingerprint density at radius 1 is 1.04 bits per heavy atom. The molecule has 1 aromatic carbocycles. The van der Waals surface area contributed by atoms with Gasteiger partial charge in [-0.3, -0.25) is 14.5 Å². The van der Waals surface area contributed by atoms with Crippen LogP contribution in [0.1, 0.15) is 26.2 Å². The second-order valence-corrected chi connectivity index (χ2v) is 6.71. The van der Waals surface area contributed by atoms with E-state index in [9.17, 15) is 9.59 Å². The van der Waals surface area contributed by atoms with Gasteiger partial charge in [0.1, 0.15) is 5.75 Å². The Labute approximate surface area is 136 Å². The lowest BCUT2D eigenvalue weighted by Crippen LogP contribution is -2.32. The van der Waals surface area contributed by atoms with E-state index in [1.165, 1.54) is 4.90 Å². The third kappa shape index (κ3) is 2.19. The summed E-state index contributed by atoms with van der Waals surface area (Å²) in [5.74, 6) is 0.943. The van der Waals surface area contributed by atoms with E-state index >= 15 is 0 Å². The van der Waals surface area contributed by atoms with Crippen LogP contribution in [-0.4, -0.2) is 18.4 Å². The Kier molecular flexibility index (Phi) is 3.47. The van der Waals surface area contributed by atoms with Crippen LogP contribution in [0, 0.1) is 23.7 Å². The monoisotopic (exact) mass is 311 g/mol. The van der Waals surface area contributed by atoms with Crippen LogP contribution < -0.4 is 9.64 Å². The van der Waals surface area contributed by atoms with Crippen molar-refractivity contribution in [3.05, 3.63) is 36.4 Å². The number of rotatable bonds is 5. The average Bonchev–Trinajstić information content (AvgIpc) is 3.23. The highest BCUT2D eigenvalue weighted by molar-refractivity contribution is 6.22. The molecular formula is C19H21NO3. The van der Waals surface area contributed by atoms with Gasteiger partial charge in [-0.2, -0.15) is 0 Å². The van der Waals surface area contributed by atoms with Gasteiger partial charge in [-0.05, 0) is 48.9 Å². The predicted molar refractivity (Wildman–Crippen MR) is 87.1 cm³/mol. The van der Waals surface area contributed by atoms with Crippen LogP contribution in [0.2, 0.25) is 0 Å². The molecule has 2 bridgehead atoms. The molecule has 2 aliphatic carbocycles. The summed E-state index contributed by atoms with van der Waals surface area (Å²) < 4.78 is 5.64. The number of amides is 2. The highest BCUT2D eigenvalue weighted by Crippen LogP contribution is 2.53. The van der Waals surface area contributed by atoms with Crippen molar-refractivity contribution < 1.29 is 14.3 Å². The van der Waals surface area contributed by atoms with Crippen molar-refractivity contribution in [2.45, 2.75) is 26.2 Å². The van der Waals surface area contributed by atoms with E-state index in [1.807, 2.05) is 24.3 Å². The number of anilines is 1. The molecule has 23 heavy (non-hydrogen) atoms. The number of ether oxygens (including phenoxy) is 1. The SMILES string of the molecule is CCCCOc1ccc(N2C(=O)[C@@H]3[C@H](C2=O)[C@@H]2C=C[C@H]3C2)cc1. The Bertz CT molecular complexity index is 634. The molecule has 1 saturated heterocycles. The number of carbonyl (C=O) groups is 2. The van der Waals surface area contributed by atoms with Gasteiger partial charge in [0, 0.05) is 0 Å². The molecular weight excluding hydrogens is 290 g/mol. The number of imide groups is 1. The fourth-order valence-corrected chi connectivity index (χ4v) is 4.18. The van der Waals surface area contributed by atoms with E-state index < -0.39 is 0 Å². The van der Waals surface area contributed by atoms with Gasteiger partial charge in [0.25, 0.3) is 0 Å². The van der Waals surface area contributed by atoms with Gasteiger partial charge in [-0.1, -0.05) is 25.5 Å². The number of allylic oxidation sites excluding steroid dienone is 2. The largest absolute Gasteiger partial charge is 0.494 e. The molecule has 1 saturated carbocycles. The summed E-state index contributed by atoms with van der Waals surface area (Å²) in [7, 11) is 0. The first-order valence-corrected chi connectivity index (χ1v) is 8.49. The first-order chi connectivity index (χ1) is 11.2. The number of hydrogen-bond acceptors (Lipinski definition) is 3. The molecule has 4 atom stereocenters. The maximum absolute atomic E-state index is 12.7. The van der Waals surface area contributed by atoms with Crippen LogP contribution in [-0.2, 0) is 9.59 Å². The highest BCUT2D eigenvalue weighted by atomic mass is 16.5. The Balaban J connectivity index is 1.52. The summed E-state index contributed by atoms with van der Waals surface area (Å²) in [5.41, 5.74) is 0.664. The standard InChI is InChI=1S/C19H21NO3/c1-2-3-10-23-15-8-6-14(7-9-15)20-18(21)16-12-4-5-13(11-12)17(16)19(20)22/h4-9,12-13,16-17H,2-3,10-11H2,1H3/t12-,13+,16-,17+. The first kappa shape index (κ1) is 14.5. The number of fused-ring (bicyclic) bond motifs is 5. The lowest BCUT2D eigenvalue weighted by atomic mass is 9.85. The molecule has 0 aromatic heterocycles. The fraction of sp³-hybridized carbons (Fsp3) is 0.474. The molecule has 0 spiro atoms. The summed E-state index contributed by atoms with van der Waals surface area (Å²) in [4.78, 5) is 26.8. The minimum absolute atomic E-state index is 0.0310. The van der Waals surface area contributed by atoms with Gasteiger partial charge in [0.05, 0.1) is 24.1 Å². The molecule has 3 aliphatic rings. The lowest BCUT2D eigenvalue weighted by Gasteiger charge is -2.17. The van der Waals surface area contributed by atoms with Gasteiger partial charge in [0.2, 0.25) is 11.8 Å². The molecule has 2 fully saturated rings. The van der Waals surface area contributed by atoms with Gasteiger partial charge < -0.3 is 4.74 Å². The minimum atomic E-state index is -0.141. The molecule has 4 heteroatoms. The average molecular weight is 311 g/mol. The van der Waals surface area contributed by atoms with Crippen LogP contribution in [0.15, 0.2) is 36.4 Å². The molecule has 120 valence electrons. The maximum atomic E-state index is 12.7. The van der Waals surface area contributed by atoms with Gasteiger partial charge in [-0.25, -0.2) is 0 Å². The maximum Gasteiger partial charge on any atom is 0.238 e. The quantitative estimate of drug-likeness (QED) is 0.477.